The maximum Gasteiger partial charge on any atom is 0.00801 e. The lowest BCUT2D eigenvalue weighted by atomic mass is 10.4. The highest BCUT2D eigenvalue weighted by Gasteiger charge is 1.91. The smallest absolute Gasteiger partial charge is 0.00801 e. The van der Waals surface area contributed by atoms with Crippen molar-refractivity contribution in [1.29, 1.82) is 0 Å². The van der Waals surface area contributed by atoms with E-state index < -0.39 is 0 Å². The van der Waals surface area contributed by atoms with Crippen LogP contribution in [-0.4, -0.2) is 5.75 Å². The molecule has 0 aromatic heterocycles. The predicted octanol–water partition coefficient (Wildman–Crippen LogP) is 5.34. The van der Waals surface area contributed by atoms with E-state index >= 15 is 0 Å². The van der Waals surface area contributed by atoms with Gasteiger partial charge < -0.3 is 0 Å². The molecule has 0 nitrogen and oxygen atoms in total. The number of allylic oxidation sites excluding steroid dienone is 5. The molecule has 0 saturated heterocycles. The molecule has 1 aliphatic rings. The van der Waals surface area contributed by atoms with Gasteiger partial charge in [0.05, 0.1) is 0 Å². The van der Waals surface area contributed by atoms with Crippen LogP contribution in [-0.2, 0) is 0 Å². The van der Waals surface area contributed by atoms with Gasteiger partial charge in [-0.3, -0.25) is 0 Å². The molecule has 0 aromatic carbocycles. The summed E-state index contributed by atoms with van der Waals surface area (Å²) in [5.74, 6) is 1.20. The van der Waals surface area contributed by atoms with Crippen LogP contribution in [0.1, 0.15) is 6.42 Å². The van der Waals surface area contributed by atoms with Crippen LogP contribution in [0.25, 0.3) is 0 Å². The van der Waals surface area contributed by atoms with E-state index in [9.17, 15) is 0 Å². The molecule has 0 atom stereocenters. The molecule has 72 valence electrons. The summed E-state index contributed by atoms with van der Waals surface area (Å²) < 4.78 is 0. The topological polar surface area (TPSA) is 0 Å². The average Bonchev–Trinajstić information content (AvgIpc) is 2.18. The van der Waals surface area contributed by atoms with Crippen molar-refractivity contribution in [3.8, 4) is 0 Å². The second-order valence-electron chi connectivity index (χ2n) is 2.05. The van der Waals surface area contributed by atoms with Crippen molar-refractivity contribution in [3.05, 3.63) is 35.8 Å². The Morgan fingerprint density at radius 1 is 0.846 bits per heavy atom. The molecule has 0 fully saturated rings. The summed E-state index contributed by atoms with van der Waals surface area (Å²) in [6.07, 6.45) is 11.7. The van der Waals surface area contributed by atoms with E-state index in [4.69, 9.17) is 0 Å². The first-order chi connectivity index (χ1) is 6.50. The van der Waals surface area contributed by atoms with Gasteiger partial charge >= 0.3 is 0 Å². The lowest BCUT2D eigenvalue weighted by Gasteiger charge is -1.94. The molecule has 1 heterocycles. The lowest BCUT2D eigenvalue weighted by molar-refractivity contribution is 1.25. The van der Waals surface area contributed by atoms with Crippen molar-refractivity contribution >= 4 is 51.1 Å². The molecule has 0 N–H and O–H groups in total. The molecular formula is C8H10S5. The highest BCUT2D eigenvalue weighted by Crippen LogP contribution is 2.48. The van der Waals surface area contributed by atoms with Crippen molar-refractivity contribution in [2.75, 3.05) is 5.75 Å². The summed E-state index contributed by atoms with van der Waals surface area (Å²) in [6.45, 7) is 0. The Hall–Kier alpha value is 0.970. The van der Waals surface area contributed by atoms with Gasteiger partial charge in [-0.25, -0.2) is 0 Å². The monoisotopic (exact) mass is 266 g/mol. The average molecular weight is 267 g/mol. The van der Waals surface area contributed by atoms with Gasteiger partial charge in [-0.05, 0) is 41.3 Å². The number of hydrogen-bond acceptors (Lipinski definition) is 5. The summed E-state index contributed by atoms with van der Waals surface area (Å²) >= 11 is 0. The van der Waals surface area contributed by atoms with E-state index in [1.165, 1.54) is 5.75 Å². The Labute approximate surface area is 98.4 Å². The summed E-state index contributed by atoms with van der Waals surface area (Å²) in [7, 11) is 9.19. The van der Waals surface area contributed by atoms with Crippen LogP contribution in [0.2, 0.25) is 0 Å². The number of rotatable bonds is 0. The molecule has 5 heteroatoms. The molecule has 0 saturated carbocycles. The zero-order valence-corrected chi connectivity index (χ0v) is 11.0. The summed E-state index contributed by atoms with van der Waals surface area (Å²) in [4.78, 5) is 0. The second kappa shape index (κ2) is 9.52. The quantitative estimate of drug-likeness (QED) is 0.541. The van der Waals surface area contributed by atoms with E-state index in [0.29, 0.717) is 0 Å². The molecule has 0 spiro atoms. The lowest BCUT2D eigenvalue weighted by Crippen LogP contribution is -1.68. The Kier molecular flexibility index (Phi) is 8.82. The minimum absolute atomic E-state index is 1.16. The van der Waals surface area contributed by atoms with Gasteiger partial charge in [0.25, 0.3) is 0 Å². The molecule has 1 aliphatic heterocycles. The molecule has 0 aromatic rings. The summed E-state index contributed by atoms with van der Waals surface area (Å²) in [6, 6.07) is 0. The molecule has 0 amide bonds. The Morgan fingerprint density at radius 2 is 1.77 bits per heavy atom. The third-order valence-corrected chi connectivity index (χ3v) is 9.34. The van der Waals surface area contributed by atoms with Crippen molar-refractivity contribution in [2.24, 2.45) is 0 Å². The molecular weight excluding hydrogens is 256 g/mol. The van der Waals surface area contributed by atoms with Crippen LogP contribution < -0.4 is 0 Å². The third kappa shape index (κ3) is 8.00. The van der Waals surface area contributed by atoms with E-state index in [0.717, 1.165) is 6.42 Å². The van der Waals surface area contributed by atoms with Crippen LogP contribution in [0.5, 0.6) is 0 Å². The van der Waals surface area contributed by atoms with Crippen molar-refractivity contribution in [1.82, 2.24) is 0 Å². The molecule has 13 heavy (non-hydrogen) atoms. The molecule has 0 unspecified atom stereocenters. The van der Waals surface area contributed by atoms with Gasteiger partial charge in [-0.15, -0.1) is 0 Å². The first kappa shape index (κ1) is 12.0. The van der Waals surface area contributed by atoms with Gasteiger partial charge in [0.2, 0.25) is 0 Å². The first-order valence-corrected chi connectivity index (χ1v) is 10.1. The number of hydrogen-bond donors (Lipinski definition) is 0. The van der Waals surface area contributed by atoms with Crippen LogP contribution in [0.15, 0.2) is 35.8 Å². The van der Waals surface area contributed by atoms with Gasteiger partial charge in [-0.1, -0.05) is 52.0 Å². The Bertz CT molecular complexity index is 177. The SMILES string of the molecule is C1=C/C=C/SSSSSCCC=C1. The van der Waals surface area contributed by atoms with Gasteiger partial charge in [0.15, 0.2) is 0 Å². The molecule has 0 radical (unpaired) electrons. The van der Waals surface area contributed by atoms with E-state index in [2.05, 4.69) is 35.8 Å². The van der Waals surface area contributed by atoms with Crippen LogP contribution in [0.3, 0.4) is 0 Å². The van der Waals surface area contributed by atoms with Crippen molar-refractivity contribution in [2.45, 2.75) is 6.42 Å². The van der Waals surface area contributed by atoms with Gasteiger partial charge in [0, 0.05) is 5.75 Å². The normalized spacial score (nSPS) is 22.8. The van der Waals surface area contributed by atoms with Crippen LogP contribution in [0.4, 0.5) is 0 Å². The Balaban J connectivity index is 2.29. The van der Waals surface area contributed by atoms with Crippen molar-refractivity contribution in [3.63, 3.8) is 0 Å². The predicted molar refractivity (Wildman–Crippen MR) is 74.9 cm³/mol. The maximum absolute atomic E-state index is 2.21. The summed E-state index contributed by atoms with van der Waals surface area (Å²) in [5.41, 5.74) is 0. The van der Waals surface area contributed by atoms with E-state index in [1.807, 2.05) is 40.3 Å². The minimum atomic E-state index is 1.16. The Morgan fingerprint density at radius 3 is 2.77 bits per heavy atom. The zero-order valence-electron chi connectivity index (χ0n) is 6.92. The van der Waals surface area contributed by atoms with Gasteiger partial charge in [0.1, 0.15) is 0 Å². The summed E-state index contributed by atoms with van der Waals surface area (Å²) in [5, 5.41) is 2.10. The highest BCUT2D eigenvalue weighted by atomic mass is 33.8. The molecule has 1 rings (SSSR count). The highest BCUT2D eigenvalue weighted by molar-refractivity contribution is 9.35. The van der Waals surface area contributed by atoms with Crippen LogP contribution in [0, 0.1) is 0 Å². The third-order valence-electron chi connectivity index (χ3n) is 1.11. The van der Waals surface area contributed by atoms with E-state index in [1.54, 1.807) is 10.8 Å². The molecule has 0 bridgehead atoms. The largest absolute Gasteiger partial charge is 0.0837 e. The van der Waals surface area contributed by atoms with Crippen molar-refractivity contribution < 1.29 is 0 Å². The fourth-order valence-corrected chi connectivity index (χ4v) is 8.54. The van der Waals surface area contributed by atoms with Crippen LogP contribution >= 0.6 is 51.1 Å². The zero-order chi connectivity index (χ0) is 9.19. The fraction of sp³-hybridized carbons (Fsp3) is 0.250. The second-order valence-corrected chi connectivity index (χ2v) is 9.75. The standard InChI is InChI=1S/C8H10S5/c1-2-4-6-8-10-12-13-11-9-7-5-3-1/h1-5,7H,6,8H2/b3-1?,4-2?,7-5+. The first-order valence-electron chi connectivity index (χ1n) is 3.77. The fourth-order valence-electron chi connectivity index (χ4n) is 0.600. The minimum Gasteiger partial charge on any atom is -0.0837 e. The molecule has 0 aliphatic carbocycles. The van der Waals surface area contributed by atoms with Gasteiger partial charge in [-0.2, -0.15) is 0 Å². The van der Waals surface area contributed by atoms with E-state index in [-0.39, 0.29) is 0 Å². The maximum atomic E-state index is 2.21.